The molecule has 0 aromatic heterocycles. The Labute approximate surface area is 124 Å². The van der Waals surface area contributed by atoms with Crippen molar-refractivity contribution < 1.29 is 5.11 Å². The van der Waals surface area contributed by atoms with Gasteiger partial charge in [0.15, 0.2) is 0 Å². The molecule has 1 saturated heterocycles. The Hall–Kier alpha value is -1.12. The lowest BCUT2D eigenvalue weighted by Crippen LogP contribution is -2.47. The quantitative estimate of drug-likeness (QED) is 0.419. The molecule has 0 saturated carbocycles. The van der Waals surface area contributed by atoms with Crippen molar-refractivity contribution >= 4 is 0 Å². The molecule has 2 heteroatoms. The zero-order valence-electron chi connectivity index (χ0n) is 12.8. The monoisotopic (exact) mass is 275 g/mol. The third-order valence-electron chi connectivity index (χ3n) is 3.54. The van der Waals surface area contributed by atoms with Crippen LogP contribution in [0.25, 0.3) is 0 Å². The van der Waals surface area contributed by atoms with Crippen molar-refractivity contribution in [2.75, 3.05) is 0 Å². The van der Waals surface area contributed by atoms with Crippen LogP contribution in [-0.4, -0.2) is 23.3 Å². The molecule has 2 N–H and O–H groups in total. The van der Waals surface area contributed by atoms with Gasteiger partial charge in [0.2, 0.25) is 0 Å². The molecule has 1 rings (SSSR count). The lowest BCUT2D eigenvalue weighted by Gasteiger charge is -2.31. The first-order chi connectivity index (χ1) is 9.74. The van der Waals surface area contributed by atoms with Gasteiger partial charge in [-0.3, -0.25) is 0 Å². The summed E-state index contributed by atoms with van der Waals surface area (Å²) in [6, 6.07) is 0.583. The molecule has 1 aliphatic rings. The second-order valence-electron chi connectivity index (χ2n) is 5.36. The Balaban J connectivity index is 2.15. The van der Waals surface area contributed by atoms with E-state index in [2.05, 4.69) is 60.8 Å². The van der Waals surface area contributed by atoms with Gasteiger partial charge in [-0.05, 0) is 39.0 Å². The zero-order valence-corrected chi connectivity index (χ0v) is 12.8. The van der Waals surface area contributed by atoms with E-state index in [1.165, 1.54) is 0 Å². The highest BCUT2D eigenvalue weighted by Gasteiger charge is 2.22. The van der Waals surface area contributed by atoms with Crippen LogP contribution in [0.5, 0.6) is 0 Å². The molecular formula is C18H29NO. The number of hydrogen-bond acceptors (Lipinski definition) is 2. The number of aliphatic hydroxyl groups is 1. The van der Waals surface area contributed by atoms with E-state index in [1.807, 2.05) is 6.92 Å². The average Bonchev–Trinajstić information content (AvgIpc) is 2.45. The summed E-state index contributed by atoms with van der Waals surface area (Å²) in [4.78, 5) is 0. The summed E-state index contributed by atoms with van der Waals surface area (Å²) in [5.74, 6) is 0. The van der Waals surface area contributed by atoms with E-state index in [-0.39, 0.29) is 12.1 Å². The maximum Gasteiger partial charge on any atom is 0.0691 e. The predicted molar refractivity (Wildman–Crippen MR) is 87.7 cm³/mol. The van der Waals surface area contributed by atoms with Crippen molar-refractivity contribution in [2.24, 2.45) is 0 Å². The SMILES string of the molecule is CC/C=C/CC/C=C/C=C/C=C/[C@@H]1CC[C@@H](O)[C@H](C)N1. The molecule has 0 bridgehead atoms. The molecule has 0 aliphatic carbocycles. The van der Waals surface area contributed by atoms with E-state index >= 15 is 0 Å². The van der Waals surface area contributed by atoms with Gasteiger partial charge in [-0.2, -0.15) is 0 Å². The van der Waals surface area contributed by atoms with Gasteiger partial charge in [0.1, 0.15) is 0 Å². The van der Waals surface area contributed by atoms with Crippen LogP contribution in [0.3, 0.4) is 0 Å². The van der Waals surface area contributed by atoms with E-state index in [0.717, 1.165) is 32.1 Å². The zero-order chi connectivity index (χ0) is 14.6. The van der Waals surface area contributed by atoms with E-state index in [0.29, 0.717) is 6.04 Å². The Kier molecular flexibility index (Phi) is 9.01. The topological polar surface area (TPSA) is 32.3 Å². The first-order valence-electron chi connectivity index (χ1n) is 7.83. The second kappa shape index (κ2) is 10.6. The molecular weight excluding hydrogens is 246 g/mol. The van der Waals surface area contributed by atoms with Gasteiger partial charge in [-0.1, -0.05) is 55.5 Å². The Morgan fingerprint density at radius 3 is 2.50 bits per heavy atom. The number of nitrogens with one attached hydrogen (secondary N) is 1. The number of rotatable bonds is 7. The van der Waals surface area contributed by atoms with Crippen LogP contribution in [-0.2, 0) is 0 Å². The van der Waals surface area contributed by atoms with Crippen LogP contribution in [0.15, 0.2) is 48.6 Å². The van der Waals surface area contributed by atoms with Crippen molar-refractivity contribution in [3.8, 4) is 0 Å². The third-order valence-corrected chi connectivity index (χ3v) is 3.54. The fourth-order valence-electron chi connectivity index (χ4n) is 2.26. The Bertz CT molecular complexity index is 354. The molecule has 0 amide bonds. The number of aliphatic hydroxyl groups excluding tert-OH is 1. The predicted octanol–water partition coefficient (Wildman–Crippen LogP) is 3.90. The van der Waals surface area contributed by atoms with Gasteiger partial charge >= 0.3 is 0 Å². The van der Waals surface area contributed by atoms with Crippen LogP contribution >= 0.6 is 0 Å². The lowest BCUT2D eigenvalue weighted by atomic mass is 9.96. The largest absolute Gasteiger partial charge is 0.392 e. The van der Waals surface area contributed by atoms with Gasteiger partial charge in [-0.15, -0.1) is 0 Å². The van der Waals surface area contributed by atoms with Crippen LogP contribution in [0.1, 0.15) is 46.0 Å². The summed E-state index contributed by atoms with van der Waals surface area (Å²) >= 11 is 0. The molecule has 1 aliphatic heterocycles. The minimum atomic E-state index is -0.195. The fraction of sp³-hybridized carbons (Fsp3) is 0.556. The second-order valence-corrected chi connectivity index (χ2v) is 5.36. The fourth-order valence-corrected chi connectivity index (χ4v) is 2.26. The minimum absolute atomic E-state index is 0.193. The van der Waals surface area contributed by atoms with Gasteiger partial charge in [-0.25, -0.2) is 0 Å². The minimum Gasteiger partial charge on any atom is -0.392 e. The van der Waals surface area contributed by atoms with Gasteiger partial charge in [0, 0.05) is 12.1 Å². The number of allylic oxidation sites excluding steroid dienone is 7. The van der Waals surface area contributed by atoms with Crippen molar-refractivity contribution in [3.63, 3.8) is 0 Å². The third kappa shape index (κ3) is 7.46. The summed E-state index contributed by atoms with van der Waals surface area (Å²) in [6.45, 7) is 4.19. The molecule has 3 atom stereocenters. The molecule has 1 fully saturated rings. The Morgan fingerprint density at radius 1 is 1.00 bits per heavy atom. The Morgan fingerprint density at radius 2 is 1.75 bits per heavy atom. The first kappa shape index (κ1) is 16.9. The van der Waals surface area contributed by atoms with E-state index in [4.69, 9.17) is 0 Å². The molecule has 2 nitrogen and oxygen atoms in total. The van der Waals surface area contributed by atoms with Crippen LogP contribution in [0, 0.1) is 0 Å². The van der Waals surface area contributed by atoms with Gasteiger partial charge in [0.25, 0.3) is 0 Å². The average molecular weight is 275 g/mol. The summed E-state index contributed by atoms with van der Waals surface area (Å²) in [7, 11) is 0. The number of piperidine rings is 1. The number of unbranched alkanes of at least 4 members (excludes halogenated alkanes) is 1. The molecule has 112 valence electrons. The molecule has 0 aromatic rings. The maximum atomic E-state index is 9.63. The van der Waals surface area contributed by atoms with Gasteiger partial charge in [0.05, 0.1) is 6.10 Å². The highest BCUT2D eigenvalue weighted by atomic mass is 16.3. The normalized spacial score (nSPS) is 28.4. The summed E-state index contributed by atoms with van der Waals surface area (Å²) in [6.07, 6.45) is 22.2. The highest BCUT2D eigenvalue weighted by Crippen LogP contribution is 2.13. The summed E-state index contributed by atoms with van der Waals surface area (Å²) in [5.41, 5.74) is 0. The highest BCUT2D eigenvalue weighted by molar-refractivity contribution is 5.13. The van der Waals surface area contributed by atoms with Crippen LogP contribution < -0.4 is 5.32 Å². The summed E-state index contributed by atoms with van der Waals surface area (Å²) in [5, 5.41) is 13.0. The lowest BCUT2D eigenvalue weighted by molar-refractivity contribution is 0.0943. The van der Waals surface area contributed by atoms with Crippen molar-refractivity contribution in [1.82, 2.24) is 5.32 Å². The standard InChI is InChI=1S/C18H29NO/c1-3-4-5-6-7-8-9-10-11-12-13-17-14-15-18(20)16(2)19-17/h4-5,8-13,16-20H,3,6-7,14-15H2,1-2H3/b5-4+,9-8+,11-10+,13-12+/t16-,17+,18+/m0/s1. The smallest absolute Gasteiger partial charge is 0.0691 e. The van der Waals surface area contributed by atoms with E-state index in [9.17, 15) is 5.11 Å². The molecule has 20 heavy (non-hydrogen) atoms. The molecule has 1 heterocycles. The molecule has 0 unspecified atom stereocenters. The van der Waals surface area contributed by atoms with Gasteiger partial charge < -0.3 is 10.4 Å². The van der Waals surface area contributed by atoms with Crippen LogP contribution in [0.4, 0.5) is 0 Å². The molecule has 0 radical (unpaired) electrons. The number of hydrogen-bond donors (Lipinski definition) is 2. The molecule has 0 aromatic carbocycles. The first-order valence-corrected chi connectivity index (χ1v) is 7.83. The molecule has 0 spiro atoms. The maximum absolute atomic E-state index is 9.63. The van der Waals surface area contributed by atoms with Crippen LogP contribution in [0.2, 0.25) is 0 Å². The van der Waals surface area contributed by atoms with E-state index < -0.39 is 0 Å². The summed E-state index contributed by atoms with van der Waals surface area (Å²) < 4.78 is 0. The van der Waals surface area contributed by atoms with Crippen molar-refractivity contribution in [3.05, 3.63) is 48.6 Å². The van der Waals surface area contributed by atoms with E-state index in [1.54, 1.807) is 0 Å². The van der Waals surface area contributed by atoms with Crippen molar-refractivity contribution in [2.45, 2.75) is 64.1 Å². The van der Waals surface area contributed by atoms with Crippen molar-refractivity contribution in [1.29, 1.82) is 0 Å².